The molecule has 1 N–H and O–H groups in total. The van der Waals surface area contributed by atoms with E-state index in [-0.39, 0.29) is 18.3 Å². The smallest absolute Gasteiger partial charge is 0.253 e. The summed E-state index contributed by atoms with van der Waals surface area (Å²) in [5.74, 6) is 0.124. The second kappa shape index (κ2) is 6.91. The standard InChI is InChI=1S/C15H20N4O.ClH/c1-12-6-9-19(17-12)14-4-2-13(3-5-14)15(20)18-10-7-16-8-11-18;/h2-5,16H,6-11H2,1H3;1H. The van der Waals surface area contributed by atoms with Crippen molar-refractivity contribution in [3.05, 3.63) is 29.8 Å². The summed E-state index contributed by atoms with van der Waals surface area (Å²) >= 11 is 0. The zero-order chi connectivity index (χ0) is 13.9. The van der Waals surface area contributed by atoms with Gasteiger partial charge in [0.1, 0.15) is 0 Å². The molecule has 2 heterocycles. The molecule has 0 spiro atoms. The van der Waals surface area contributed by atoms with Crippen molar-refractivity contribution in [2.24, 2.45) is 5.10 Å². The Hall–Kier alpha value is -1.59. The number of nitrogens with zero attached hydrogens (tertiary/aromatic N) is 3. The van der Waals surface area contributed by atoms with E-state index in [1.54, 1.807) is 0 Å². The molecule has 0 aliphatic carbocycles. The molecule has 1 aromatic carbocycles. The highest BCUT2D eigenvalue weighted by molar-refractivity contribution is 5.94. The molecule has 2 aliphatic heterocycles. The van der Waals surface area contributed by atoms with Crippen LogP contribution in [-0.2, 0) is 0 Å². The summed E-state index contributed by atoms with van der Waals surface area (Å²) in [6.45, 7) is 6.31. The summed E-state index contributed by atoms with van der Waals surface area (Å²) in [6, 6.07) is 7.78. The Kier molecular flexibility index (Phi) is 5.20. The highest BCUT2D eigenvalue weighted by Gasteiger charge is 2.18. The van der Waals surface area contributed by atoms with Crippen molar-refractivity contribution in [3.8, 4) is 0 Å². The molecular weight excluding hydrogens is 288 g/mol. The molecule has 1 fully saturated rings. The molecule has 1 saturated heterocycles. The lowest BCUT2D eigenvalue weighted by atomic mass is 10.1. The lowest BCUT2D eigenvalue weighted by Crippen LogP contribution is -2.46. The van der Waals surface area contributed by atoms with E-state index >= 15 is 0 Å². The highest BCUT2D eigenvalue weighted by Crippen LogP contribution is 2.20. The maximum absolute atomic E-state index is 12.3. The number of carbonyl (C=O) groups is 1. The van der Waals surface area contributed by atoms with Crippen LogP contribution in [0.3, 0.4) is 0 Å². The number of anilines is 1. The summed E-state index contributed by atoms with van der Waals surface area (Å²) in [6.07, 6.45) is 1.02. The van der Waals surface area contributed by atoms with Gasteiger partial charge in [-0.15, -0.1) is 12.4 Å². The van der Waals surface area contributed by atoms with Gasteiger partial charge in [-0.05, 0) is 31.2 Å². The van der Waals surface area contributed by atoms with Gasteiger partial charge in [0, 0.05) is 50.4 Å². The van der Waals surface area contributed by atoms with Crippen LogP contribution in [0, 0.1) is 0 Å². The number of piperazine rings is 1. The molecule has 0 atom stereocenters. The summed E-state index contributed by atoms with van der Waals surface area (Å²) in [4.78, 5) is 14.2. The number of carbonyl (C=O) groups excluding carboxylic acids is 1. The Morgan fingerprint density at radius 1 is 1.14 bits per heavy atom. The average Bonchev–Trinajstić information content (AvgIpc) is 2.94. The van der Waals surface area contributed by atoms with Crippen LogP contribution in [0.1, 0.15) is 23.7 Å². The van der Waals surface area contributed by atoms with Gasteiger partial charge < -0.3 is 10.2 Å². The number of hydrogen-bond acceptors (Lipinski definition) is 4. The number of hydrazone groups is 1. The van der Waals surface area contributed by atoms with Gasteiger partial charge >= 0.3 is 0 Å². The molecule has 0 saturated carbocycles. The zero-order valence-corrected chi connectivity index (χ0v) is 13.0. The van der Waals surface area contributed by atoms with E-state index in [0.29, 0.717) is 0 Å². The number of amides is 1. The van der Waals surface area contributed by atoms with Crippen molar-refractivity contribution < 1.29 is 4.79 Å². The monoisotopic (exact) mass is 308 g/mol. The molecule has 114 valence electrons. The quantitative estimate of drug-likeness (QED) is 0.905. The Balaban J connectivity index is 0.00000161. The van der Waals surface area contributed by atoms with E-state index in [4.69, 9.17) is 0 Å². The molecular formula is C15H21ClN4O. The minimum absolute atomic E-state index is 0. The first kappa shape index (κ1) is 15.8. The van der Waals surface area contributed by atoms with Crippen LogP contribution in [0.15, 0.2) is 29.4 Å². The van der Waals surface area contributed by atoms with Gasteiger partial charge in [0.05, 0.1) is 5.69 Å². The summed E-state index contributed by atoms with van der Waals surface area (Å²) in [7, 11) is 0. The Labute approximate surface area is 131 Å². The lowest BCUT2D eigenvalue weighted by Gasteiger charge is -2.27. The topological polar surface area (TPSA) is 47.9 Å². The van der Waals surface area contributed by atoms with E-state index in [9.17, 15) is 4.79 Å². The maximum Gasteiger partial charge on any atom is 0.253 e. The van der Waals surface area contributed by atoms with E-state index < -0.39 is 0 Å². The Morgan fingerprint density at radius 3 is 2.38 bits per heavy atom. The van der Waals surface area contributed by atoms with E-state index in [2.05, 4.69) is 10.4 Å². The molecule has 0 aromatic heterocycles. The van der Waals surface area contributed by atoms with Crippen molar-refractivity contribution in [1.29, 1.82) is 0 Å². The van der Waals surface area contributed by atoms with Gasteiger partial charge in [-0.2, -0.15) is 5.10 Å². The van der Waals surface area contributed by atoms with Crippen LogP contribution in [0.4, 0.5) is 5.69 Å². The van der Waals surface area contributed by atoms with Gasteiger partial charge in [0.2, 0.25) is 0 Å². The fraction of sp³-hybridized carbons (Fsp3) is 0.467. The number of hydrogen-bond donors (Lipinski definition) is 1. The van der Waals surface area contributed by atoms with Crippen LogP contribution < -0.4 is 10.3 Å². The molecule has 0 bridgehead atoms. The summed E-state index contributed by atoms with van der Waals surface area (Å²) in [5.41, 5.74) is 2.97. The second-order valence-electron chi connectivity index (χ2n) is 5.30. The fourth-order valence-electron chi connectivity index (χ4n) is 2.59. The SMILES string of the molecule is CC1=NN(c2ccc(C(=O)N3CCNCC3)cc2)CC1.Cl. The van der Waals surface area contributed by atoms with Crippen molar-refractivity contribution in [3.63, 3.8) is 0 Å². The van der Waals surface area contributed by atoms with Gasteiger partial charge in [-0.1, -0.05) is 0 Å². The molecule has 0 unspecified atom stereocenters. The molecule has 21 heavy (non-hydrogen) atoms. The van der Waals surface area contributed by atoms with Crippen molar-refractivity contribution >= 4 is 29.7 Å². The molecule has 0 radical (unpaired) electrons. The Bertz CT molecular complexity index is 523. The first-order valence-corrected chi connectivity index (χ1v) is 7.16. The predicted octanol–water partition coefficient (Wildman–Crippen LogP) is 1.74. The molecule has 3 rings (SSSR count). The largest absolute Gasteiger partial charge is 0.336 e. The minimum atomic E-state index is 0. The predicted molar refractivity (Wildman–Crippen MR) is 87.5 cm³/mol. The number of halogens is 1. The molecule has 2 aliphatic rings. The third-order valence-electron chi connectivity index (χ3n) is 3.79. The van der Waals surface area contributed by atoms with E-state index in [1.807, 2.05) is 41.1 Å². The first-order chi connectivity index (χ1) is 9.74. The second-order valence-corrected chi connectivity index (χ2v) is 5.30. The molecule has 6 heteroatoms. The lowest BCUT2D eigenvalue weighted by molar-refractivity contribution is 0.0736. The first-order valence-electron chi connectivity index (χ1n) is 7.16. The average molecular weight is 309 g/mol. The van der Waals surface area contributed by atoms with Gasteiger partial charge in [-0.3, -0.25) is 9.80 Å². The third kappa shape index (κ3) is 3.54. The minimum Gasteiger partial charge on any atom is -0.336 e. The number of nitrogens with one attached hydrogen (secondary N) is 1. The zero-order valence-electron chi connectivity index (χ0n) is 12.2. The number of rotatable bonds is 2. The molecule has 1 amide bonds. The van der Waals surface area contributed by atoms with Crippen LogP contribution in [-0.4, -0.2) is 49.2 Å². The van der Waals surface area contributed by atoms with Gasteiger partial charge in [-0.25, -0.2) is 0 Å². The van der Waals surface area contributed by atoms with Crippen molar-refractivity contribution in [2.75, 3.05) is 37.7 Å². The number of benzene rings is 1. The third-order valence-corrected chi connectivity index (χ3v) is 3.79. The van der Waals surface area contributed by atoms with Gasteiger partial charge in [0.25, 0.3) is 5.91 Å². The van der Waals surface area contributed by atoms with Crippen LogP contribution in [0.25, 0.3) is 0 Å². The van der Waals surface area contributed by atoms with Crippen LogP contribution in [0.5, 0.6) is 0 Å². The van der Waals surface area contributed by atoms with Crippen LogP contribution in [0.2, 0.25) is 0 Å². The molecule has 5 nitrogen and oxygen atoms in total. The van der Waals surface area contributed by atoms with Crippen LogP contribution >= 0.6 is 12.4 Å². The van der Waals surface area contributed by atoms with E-state index in [1.165, 1.54) is 0 Å². The normalized spacial score (nSPS) is 18.2. The van der Waals surface area contributed by atoms with Crippen molar-refractivity contribution in [2.45, 2.75) is 13.3 Å². The van der Waals surface area contributed by atoms with Crippen molar-refractivity contribution in [1.82, 2.24) is 10.2 Å². The highest BCUT2D eigenvalue weighted by atomic mass is 35.5. The maximum atomic E-state index is 12.3. The van der Waals surface area contributed by atoms with E-state index in [0.717, 1.165) is 56.1 Å². The van der Waals surface area contributed by atoms with Gasteiger partial charge in [0.15, 0.2) is 0 Å². The summed E-state index contributed by atoms with van der Waals surface area (Å²) in [5, 5.41) is 9.72. The molecule has 1 aromatic rings. The summed E-state index contributed by atoms with van der Waals surface area (Å²) < 4.78 is 0. The Morgan fingerprint density at radius 2 is 1.81 bits per heavy atom. The fourth-order valence-corrected chi connectivity index (χ4v) is 2.59.